The minimum absolute atomic E-state index is 0.00440. The number of rotatable bonds is 2. The van der Waals surface area contributed by atoms with Crippen LogP contribution in [-0.4, -0.2) is 21.6 Å². The van der Waals surface area contributed by atoms with Crippen LogP contribution in [0.5, 0.6) is 5.88 Å². The first-order valence-electron chi connectivity index (χ1n) is 9.23. The molecule has 0 amide bonds. The molecule has 1 N–H and O–H groups in total. The predicted molar refractivity (Wildman–Crippen MR) is 104 cm³/mol. The summed E-state index contributed by atoms with van der Waals surface area (Å²) in [5.74, 6) is -0.0332. The third kappa shape index (κ3) is 2.91. The highest BCUT2D eigenvalue weighted by Gasteiger charge is 2.36. The van der Waals surface area contributed by atoms with Crippen LogP contribution < -0.4 is 10.1 Å². The molecule has 0 unspecified atom stereocenters. The zero-order valence-electron chi connectivity index (χ0n) is 17.1. The second-order valence-corrected chi connectivity index (χ2v) is 7.84. The van der Waals surface area contributed by atoms with E-state index >= 15 is 4.39 Å². The van der Waals surface area contributed by atoms with Gasteiger partial charge in [0.05, 0.1) is 29.6 Å². The smallest absolute Gasteiger partial charge is 0.417 e. The lowest BCUT2D eigenvalue weighted by atomic mass is 9.93. The summed E-state index contributed by atoms with van der Waals surface area (Å²) in [7, 11) is 1.28. The van der Waals surface area contributed by atoms with Crippen molar-refractivity contribution in [3.05, 3.63) is 53.0 Å². The molecule has 0 bridgehead atoms. The Morgan fingerprint density at radius 3 is 2.43 bits per heavy atom. The highest BCUT2D eigenvalue weighted by Crippen LogP contribution is 2.45. The van der Waals surface area contributed by atoms with E-state index in [1.165, 1.54) is 13.2 Å². The van der Waals surface area contributed by atoms with Gasteiger partial charge in [0.1, 0.15) is 11.6 Å². The molecule has 2 aromatic heterocycles. The highest BCUT2D eigenvalue weighted by atomic mass is 19.4. The second kappa shape index (κ2) is 6.45. The summed E-state index contributed by atoms with van der Waals surface area (Å²) in [5.41, 5.74) is 0.858. The first-order chi connectivity index (χ1) is 14.0. The van der Waals surface area contributed by atoms with Crippen molar-refractivity contribution in [3.8, 4) is 22.7 Å². The van der Waals surface area contributed by atoms with E-state index in [-0.39, 0.29) is 17.0 Å². The molecule has 0 saturated heterocycles. The first kappa shape index (κ1) is 20.2. The third-order valence-corrected chi connectivity index (χ3v) is 5.30. The van der Waals surface area contributed by atoms with Gasteiger partial charge in [0.25, 0.3) is 0 Å². The molecular weight excluding hydrogens is 400 g/mol. The van der Waals surface area contributed by atoms with Gasteiger partial charge in [-0.3, -0.25) is 4.57 Å². The molecule has 9 heteroatoms. The van der Waals surface area contributed by atoms with E-state index in [1.807, 2.05) is 25.3 Å². The Morgan fingerprint density at radius 2 is 1.80 bits per heavy atom. The molecular formula is C21H20F4N4O. The van der Waals surface area contributed by atoms with E-state index in [9.17, 15) is 13.2 Å². The number of hydrogen-bond donors (Lipinski definition) is 1. The van der Waals surface area contributed by atoms with E-state index in [0.29, 0.717) is 23.1 Å². The molecule has 1 aliphatic rings. The molecule has 3 heterocycles. The SMILES string of the molecule is COc1ncc(C(F)(F)F)cc1-c1c(F)cc2c(c1C)-n1c(C)cnc1C(C)(C)N2. The maximum atomic E-state index is 15.3. The number of aryl methyl sites for hydroxylation is 1. The van der Waals surface area contributed by atoms with E-state index < -0.39 is 23.1 Å². The average Bonchev–Trinajstić information content (AvgIpc) is 3.03. The van der Waals surface area contributed by atoms with Crippen molar-refractivity contribution in [2.45, 2.75) is 39.4 Å². The zero-order valence-corrected chi connectivity index (χ0v) is 17.1. The van der Waals surface area contributed by atoms with Crippen molar-refractivity contribution in [1.29, 1.82) is 0 Å². The zero-order chi connectivity index (χ0) is 22.0. The van der Waals surface area contributed by atoms with Gasteiger partial charge in [0.15, 0.2) is 0 Å². The highest BCUT2D eigenvalue weighted by molar-refractivity contribution is 5.82. The maximum absolute atomic E-state index is 15.3. The lowest BCUT2D eigenvalue weighted by molar-refractivity contribution is -0.137. The second-order valence-electron chi connectivity index (χ2n) is 7.84. The number of methoxy groups -OCH3 is 1. The van der Waals surface area contributed by atoms with Crippen LogP contribution in [0.15, 0.2) is 24.5 Å². The monoisotopic (exact) mass is 420 g/mol. The predicted octanol–water partition coefficient (Wildman–Crippen LogP) is 5.38. The minimum atomic E-state index is -4.62. The summed E-state index contributed by atoms with van der Waals surface area (Å²) in [5, 5.41) is 3.28. The Hall–Kier alpha value is -3.10. The lowest BCUT2D eigenvalue weighted by Crippen LogP contribution is -2.36. The van der Waals surface area contributed by atoms with Crippen LogP contribution in [0.4, 0.5) is 23.2 Å². The van der Waals surface area contributed by atoms with E-state index in [2.05, 4.69) is 15.3 Å². The van der Waals surface area contributed by atoms with Gasteiger partial charge >= 0.3 is 6.18 Å². The Balaban J connectivity index is 2.04. The van der Waals surface area contributed by atoms with Gasteiger partial charge in [-0.15, -0.1) is 0 Å². The van der Waals surface area contributed by atoms with Crippen molar-refractivity contribution in [3.63, 3.8) is 0 Å². The van der Waals surface area contributed by atoms with E-state index in [4.69, 9.17) is 4.74 Å². The fourth-order valence-corrected chi connectivity index (χ4v) is 3.98. The molecule has 0 saturated carbocycles. The fourth-order valence-electron chi connectivity index (χ4n) is 3.98. The number of ether oxygens (including phenoxy) is 1. The van der Waals surface area contributed by atoms with Gasteiger partial charge in [0, 0.05) is 29.2 Å². The summed E-state index contributed by atoms with van der Waals surface area (Å²) >= 11 is 0. The number of fused-ring (bicyclic) bond motifs is 3. The largest absolute Gasteiger partial charge is 0.481 e. The Morgan fingerprint density at radius 1 is 1.10 bits per heavy atom. The summed E-state index contributed by atoms with van der Waals surface area (Å²) in [6, 6.07) is 2.16. The Labute approximate surface area is 170 Å². The van der Waals surface area contributed by atoms with E-state index in [0.717, 1.165) is 17.6 Å². The van der Waals surface area contributed by atoms with Crippen molar-refractivity contribution < 1.29 is 22.3 Å². The minimum Gasteiger partial charge on any atom is -0.481 e. The van der Waals surface area contributed by atoms with Crippen molar-refractivity contribution in [2.75, 3.05) is 12.4 Å². The molecule has 4 rings (SSSR count). The number of hydrogen-bond acceptors (Lipinski definition) is 4. The van der Waals surface area contributed by atoms with E-state index in [1.54, 1.807) is 13.1 Å². The standard InChI is InChI=1S/C21H20F4N4O/c1-10-8-27-19-20(3,4)28-15-7-14(22)16(11(2)17(15)29(10)19)13-6-12(21(23,24)25)9-26-18(13)30-5/h6-9,28H,1-5H3. The number of pyridine rings is 1. The number of halogens is 4. The van der Waals surface area contributed by atoms with Crippen LogP contribution in [0.3, 0.4) is 0 Å². The molecule has 1 aliphatic heterocycles. The molecule has 0 atom stereocenters. The number of benzene rings is 1. The van der Waals surface area contributed by atoms with Gasteiger partial charge < -0.3 is 10.1 Å². The van der Waals surface area contributed by atoms with Crippen LogP contribution in [0.25, 0.3) is 16.8 Å². The third-order valence-electron chi connectivity index (χ3n) is 5.30. The van der Waals surface area contributed by atoms with Gasteiger partial charge in [0.2, 0.25) is 5.88 Å². The van der Waals surface area contributed by atoms with Crippen molar-refractivity contribution >= 4 is 5.69 Å². The summed E-state index contributed by atoms with van der Waals surface area (Å²) in [6.07, 6.45) is -2.23. The van der Waals surface area contributed by atoms with Crippen LogP contribution in [-0.2, 0) is 11.7 Å². The first-order valence-corrected chi connectivity index (χ1v) is 9.23. The molecule has 0 spiro atoms. The topological polar surface area (TPSA) is 52.0 Å². The molecule has 158 valence electrons. The maximum Gasteiger partial charge on any atom is 0.417 e. The lowest BCUT2D eigenvalue weighted by Gasteiger charge is -2.36. The average molecular weight is 420 g/mol. The number of nitrogens with one attached hydrogen (secondary N) is 1. The van der Waals surface area contributed by atoms with Crippen LogP contribution in [0.2, 0.25) is 0 Å². The van der Waals surface area contributed by atoms with Crippen LogP contribution in [0, 0.1) is 19.7 Å². The number of anilines is 1. The quantitative estimate of drug-likeness (QED) is 0.566. The number of alkyl halides is 3. The van der Waals surface area contributed by atoms with Gasteiger partial charge in [-0.1, -0.05) is 0 Å². The summed E-state index contributed by atoms with van der Waals surface area (Å²) in [4.78, 5) is 8.24. The van der Waals surface area contributed by atoms with Crippen LogP contribution in [0.1, 0.15) is 36.5 Å². The van der Waals surface area contributed by atoms with Crippen molar-refractivity contribution in [1.82, 2.24) is 14.5 Å². The normalized spacial score (nSPS) is 14.7. The number of imidazole rings is 1. The summed E-state index contributed by atoms with van der Waals surface area (Å²) < 4.78 is 62.2. The molecule has 5 nitrogen and oxygen atoms in total. The number of aromatic nitrogens is 3. The molecule has 0 fully saturated rings. The Bertz CT molecular complexity index is 1160. The number of nitrogens with zero attached hydrogens (tertiary/aromatic N) is 3. The molecule has 3 aromatic rings. The Kier molecular flexibility index (Phi) is 4.34. The van der Waals surface area contributed by atoms with Gasteiger partial charge in [-0.2, -0.15) is 13.2 Å². The fraction of sp³-hybridized carbons (Fsp3) is 0.333. The molecule has 1 aromatic carbocycles. The molecule has 0 aliphatic carbocycles. The molecule has 0 radical (unpaired) electrons. The van der Waals surface area contributed by atoms with Gasteiger partial charge in [-0.25, -0.2) is 14.4 Å². The van der Waals surface area contributed by atoms with Gasteiger partial charge in [-0.05, 0) is 45.4 Å². The molecule has 30 heavy (non-hydrogen) atoms. The van der Waals surface area contributed by atoms with Crippen molar-refractivity contribution in [2.24, 2.45) is 0 Å². The van der Waals surface area contributed by atoms with Crippen LogP contribution >= 0.6 is 0 Å². The summed E-state index contributed by atoms with van der Waals surface area (Å²) in [6.45, 7) is 7.39.